The zero-order valence-corrected chi connectivity index (χ0v) is 11.3. The number of ether oxygens (including phenoxy) is 4. The first-order valence-corrected chi connectivity index (χ1v) is 6.34. The van der Waals surface area contributed by atoms with Gasteiger partial charge < -0.3 is 18.9 Å². The van der Waals surface area contributed by atoms with Gasteiger partial charge in [-0.25, -0.2) is 4.79 Å². The van der Waals surface area contributed by atoms with Crippen LogP contribution in [0.4, 0.5) is 0 Å². The van der Waals surface area contributed by atoms with Gasteiger partial charge in [-0.05, 0) is 18.6 Å². The molecule has 1 aromatic rings. The molecule has 5 heteroatoms. The molecule has 1 aliphatic rings. The molecule has 5 nitrogen and oxygen atoms in total. The molecule has 0 atom stereocenters. The van der Waals surface area contributed by atoms with Crippen LogP contribution >= 0.6 is 0 Å². The largest absolute Gasteiger partial charge is 0.493 e. The molecule has 1 aromatic carbocycles. The summed E-state index contributed by atoms with van der Waals surface area (Å²) in [6.07, 6.45) is 6.36. The fourth-order valence-corrected chi connectivity index (χ4v) is 1.81. The molecule has 1 aliphatic heterocycles. The van der Waals surface area contributed by atoms with Crippen molar-refractivity contribution in [1.82, 2.24) is 0 Å². The second-order valence-electron chi connectivity index (χ2n) is 4.15. The van der Waals surface area contributed by atoms with Gasteiger partial charge in [0.1, 0.15) is 13.2 Å². The molecule has 2 rings (SSSR count). The highest BCUT2D eigenvalue weighted by Crippen LogP contribution is 2.40. The molecular weight excluding hydrogens is 260 g/mol. The summed E-state index contributed by atoms with van der Waals surface area (Å²) < 4.78 is 21.3. The van der Waals surface area contributed by atoms with Crippen LogP contribution in [0.3, 0.4) is 0 Å². The number of carbonyl (C=O) groups is 1. The maximum atomic E-state index is 11.9. The zero-order chi connectivity index (χ0) is 14.4. The van der Waals surface area contributed by atoms with Crippen LogP contribution in [0.15, 0.2) is 12.1 Å². The Labute approximate surface area is 117 Å². The maximum absolute atomic E-state index is 11.9. The number of esters is 1. The SMILES string of the molecule is C#CCCCOC(=O)c1cc(OC)c2c(c1)OCCO2. The predicted octanol–water partition coefficient (Wildman–Crippen LogP) is 2.04. The topological polar surface area (TPSA) is 54.0 Å². The minimum atomic E-state index is -0.433. The van der Waals surface area contributed by atoms with E-state index in [0.29, 0.717) is 55.5 Å². The number of terminal acetylenes is 1. The quantitative estimate of drug-likeness (QED) is 0.468. The minimum absolute atomic E-state index is 0.291. The average Bonchev–Trinajstić information content (AvgIpc) is 2.50. The van der Waals surface area contributed by atoms with Crippen LogP contribution in [0, 0.1) is 12.3 Å². The van der Waals surface area contributed by atoms with Crippen LogP contribution < -0.4 is 14.2 Å². The van der Waals surface area contributed by atoms with Gasteiger partial charge in [0, 0.05) is 6.42 Å². The molecule has 20 heavy (non-hydrogen) atoms. The Bertz CT molecular complexity index is 513. The number of rotatable bonds is 5. The van der Waals surface area contributed by atoms with E-state index in [2.05, 4.69) is 5.92 Å². The van der Waals surface area contributed by atoms with Gasteiger partial charge in [0.05, 0.1) is 19.3 Å². The third-order valence-electron chi connectivity index (χ3n) is 2.76. The molecule has 1 heterocycles. The number of hydrogen-bond donors (Lipinski definition) is 0. The number of benzene rings is 1. The van der Waals surface area contributed by atoms with E-state index >= 15 is 0 Å². The molecule has 0 amide bonds. The smallest absolute Gasteiger partial charge is 0.338 e. The molecule has 0 saturated carbocycles. The maximum Gasteiger partial charge on any atom is 0.338 e. The third kappa shape index (κ3) is 3.15. The Morgan fingerprint density at radius 2 is 2.20 bits per heavy atom. The van der Waals surface area contributed by atoms with Crippen molar-refractivity contribution in [2.24, 2.45) is 0 Å². The van der Waals surface area contributed by atoms with E-state index in [1.54, 1.807) is 12.1 Å². The van der Waals surface area contributed by atoms with E-state index in [4.69, 9.17) is 25.4 Å². The summed E-state index contributed by atoms with van der Waals surface area (Å²) in [5, 5.41) is 0. The number of carbonyl (C=O) groups excluding carboxylic acids is 1. The lowest BCUT2D eigenvalue weighted by molar-refractivity contribution is 0.0500. The summed E-state index contributed by atoms with van der Waals surface area (Å²) in [5.74, 6) is 3.52. The monoisotopic (exact) mass is 276 g/mol. The first-order chi connectivity index (χ1) is 9.76. The van der Waals surface area contributed by atoms with Gasteiger partial charge in [-0.15, -0.1) is 12.3 Å². The lowest BCUT2D eigenvalue weighted by Crippen LogP contribution is -2.17. The second-order valence-corrected chi connectivity index (χ2v) is 4.15. The van der Waals surface area contributed by atoms with E-state index in [9.17, 15) is 4.79 Å². The highest BCUT2D eigenvalue weighted by Gasteiger charge is 2.21. The Balaban J connectivity index is 2.12. The fourth-order valence-electron chi connectivity index (χ4n) is 1.81. The van der Waals surface area contributed by atoms with Crippen molar-refractivity contribution >= 4 is 5.97 Å². The first kappa shape index (κ1) is 14.1. The molecule has 0 aliphatic carbocycles. The Morgan fingerprint density at radius 1 is 1.40 bits per heavy atom. The van der Waals surface area contributed by atoms with E-state index in [-0.39, 0.29) is 0 Å². The number of fused-ring (bicyclic) bond motifs is 1. The zero-order valence-electron chi connectivity index (χ0n) is 11.3. The summed E-state index contributed by atoms with van der Waals surface area (Å²) in [4.78, 5) is 11.9. The molecule has 0 fully saturated rings. The van der Waals surface area contributed by atoms with Crippen molar-refractivity contribution in [1.29, 1.82) is 0 Å². The minimum Gasteiger partial charge on any atom is -0.493 e. The second kappa shape index (κ2) is 6.71. The molecule has 0 aromatic heterocycles. The van der Waals surface area contributed by atoms with Gasteiger partial charge in [0.2, 0.25) is 5.75 Å². The van der Waals surface area contributed by atoms with Gasteiger partial charge in [-0.3, -0.25) is 0 Å². The fraction of sp³-hybridized carbons (Fsp3) is 0.400. The number of hydrogen-bond acceptors (Lipinski definition) is 5. The lowest BCUT2D eigenvalue weighted by atomic mass is 10.1. The van der Waals surface area contributed by atoms with Gasteiger partial charge in [-0.1, -0.05) is 0 Å². The predicted molar refractivity (Wildman–Crippen MR) is 72.3 cm³/mol. The van der Waals surface area contributed by atoms with Crippen molar-refractivity contribution < 1.29 is 23.7 Å². The average molecular weight is 276 g/mol. The highest BCUT2D eigenvalue weighted by molar-refractivity contribution is 5.91. The summed E-state index contributed by atoms with van der Waals surface area (Å²) in [6, 6.07) is 3.18. The summed E-state index contributed by atoms with van der Waals surface area (Å²) >= 11 is 0. The summed E-state index contributed by atoms with van der Waals surface area (Å²) in [7, 11) is 1.51. The van der Waals surface area contributed by atoms with Crippen molar-refractivity contribution in [3.63, 3.8) is 0 Å². The van der Waals surface area contributed by atoms with Crippen LogP contribution in [0.5, 0.6) is 17.2 Å². The molecule has 106 valence electrons. The van der Waals surface area contributed by atoms with E-state index < -0.39 is 5.97 Å². The Kier molecular flexibility index (Phi) is 4.72. The molecule has 0 bridgehead atoms. The van der Waals surface area contributed by atoms with E-state index in [1.807, 2.05) is 0 Å². The Hall–Kier alpha value is -2.35. The van der Waals surface area contributed by atoms with Gasteiger partial charge in [-0.2, -0.15) is 0 Å². The molecular formula is C15H16O5. The number of methoxy groups -OCH3 is 1. The van der Waals surface area contributed by atoms with E-state index in [1.165, 1.54) is 7.11 Å². The van der Waals surface area contributed by atoms with Crippen LogP contribution in [0.2, 0.25) is 0 Å². The van der Waals surface area contributed by atoms with Crippen molar-refractivity contribution in [2.45, 2.75) is 12.8 Å². The van der Waals surface area contributed by atoms with Gasteiger partial charge in [0.15, 0.2) is 11.5 Å². The van der Waals surface area contributed by atoms with Crippen LogP contribution in [-0.2, 0) is 4.74 Å². The van der Waals surface area contributed by atoms with Crippen molar-refractivity contribution in [3.05, 3.63) is 17.7 Å². The molecule has 0 spiro atoms. The first-order valence-electron chi connectivity index (χ1n) is 6.34. The van der Waals surface area contributed by atoms with Crippen LogP contribution in [-0.4, -0.2) is 32.9 Å². The molecule has 0 unspecified atom stereocenters. The normalized spacial score (nSPS) is 12.4. The van der Waals surface area contributed by atoms with Crippen LogP contribution in [0.1, 0.15) is 23.2 Å². The standard InChI is InChI=1S/C15H16O5/c1-3-4-5-6-20-15(16)11-9-12(17-2)14-13(10-11)18-7-8-19-14/h1,9-10H,4-8H2,2H3. The molecule has 0 radical (unpaired) electrons. The number of unbranched alkanes of at least 4 members (excludes halogenated alkanes) is 1. The summed E-state index contributed by atoms with van der Waals surface area (Å²) in [6.45, 7) is 1.19. The van der Waals surface area contributed by atoms with Crippen molar-refractivity contribution in [3.8, 4) is 29.6 Å². The van der Waals surface area contributed by atoms with Gasteiger partial charge >= 0.3 is 5.97 Å². The third-order valence-corrected chi connectivity index (χ3v) is 2.76. The summed E-state index contributed by atoms with van der Waals surface area (Å²) in [5.41, 5.74) is 0.367. The highest BCUT2D eigenvalue weighted by atomic mass is 16.6. The van der Waals surface area contributed by atoms with E-state index in [0.717, 1.165) is 0 Å². The molecule has 0 N–H and O–H groups in total. The van der Waals surface area contributed by atoms with Gasteiger partial charge in [0.25, 0.3) is 0 Å². The Morgan fingerprint density at radius 3 is 2.95 bits per heavy atom. The van der Waals surface area contributed by atoms with Crippen molar-refractivity contribution in [2.75, 3.05) is 26.9 Å². The van der Waals surface area contributed by atoms with Crippen LogP contribution in [0.25, 0.3) is 0 Å². The lowest BCUT2D eigenvalue weighted by Gasteiger charge is -2.21. The molecule has 0 saturated heterocycles.